The van der Waals surface area contributed by atoms with Crippen LogP contribution in [-0.2, 0) is 13.1 Å². The first-order valence-electron chi connectivity index (χ1n) is 6.85. The molecule has 0 saturated carbocycles. The number of rotatable bonds is 5. The number of halogens is 1. The van der Waals surface area contributed by atoms with Crippen molar-refractivity contribution in [2.75, 3.05) is 6.54 Å². The van der Waals surface area contributed by atoms with E-state index >= 15 is 0 Å². The molecular weight excluding hydrogens is 391 g/mol. The fourth-order valence-electron chi connectivity index (χ4n) is 1.84. The van der Waals surface area contributed by atoms with Gasteiger partial charge in [0.2, 0.25) is 0 Å². The van der Waals surface area contributed by atoms with Gasteiger partial charge in [0.25, 0.3) is 0 Å². The van der Waals surface area contributed by atoms with Crippen molar-refractivity contribution in [1.29, 1.82) is 5.26 Å². The monoisotopic (exact) mass is 410 g/mol. The van der Waals surface area contributed by atoms with E-state index in [9.17, 15) is 0 Å². The van der Waals surface area contributed by atoms with Gasteiger partial charge < -0.3 is 15.1 Å². The molecule has 1 heterocycles. The number of aliphatic imine (C=N–C) groups is 1. The van der Waals surface area contributed by atoms with Gasteiger partial charge >= 0.3 is 0 Å². The Hall–Kier alpha value is -2.01. The number of nitrogens with one attached hydrogen (secondary N) is 2. The largest absolute Gasteiger partial charge is 0.467 e. The summed E-state index contributed by atoms with van der Waals surface area (Å²) in [5, 5.41) is 15.3. The molecule has 0 aliphatic carbocycles. The molecule has 116 valence electrons. The van der Waals surface area contributed by atoms with Crippen molar-refractivity contribution in [3.63, 3.8) is 0 Å². The number of benzene rings is 1. The van der Waals surface area contributed by atoms with Gasteiger partial charge in [0.05, 0.1) is 31.0 Å². The van der Waals surface area contributed by atoms with E-state index in [-0.39, 0.29) is 24.0 Å². The molecule has 2 aromatic rings. The van der Waals surface area contributed by atoms with Crippen LogP contribution in [0.3, 0.4) is 0 Å². The first-order valence-corrected chi connectivity index (χ1v) is 6.85. The molecule has 0 aliphatic rings. The van der Waals surface area contributed by atoms with Crippen molar-refractivity contribution in [2.24, 2.45) is 4.99 Å². The van der Waals surface area contributed by atoms with Crippen molar-refractivity contribution in [3.8, 4) is 6.07 Å². The fourth-order valence-corrected chi connectivity index (χ4v) is 1.84. The molecule has 0 atom stereocenters. The molecule has 0 spiro atoms. The molecule has 0 fully saturated rings. The molecular formula is C16H19IN4O. The maximum absolute atomic E-state index is 8.89. The Morgan fingerprint density at radius 3 is 2.82 bits per heavy atom. The molecule has 0 amide bonds. The van der Waals surface area contributed by atoms with Gasteiger partial charge in [0.15, 0.2) is 5.96 Å². The van der Waals surface area contributed by atoms with Gasteiger partial charge in [0, 0.05) is 6.54 Å². The number of nitriles is 1. The Bertz CT molecular complexity index is 632. The number of guanidine groups is 1. The highest BCUT2D eigenvalue weighted by atomic mass is 127. The van der Waals surface area contributed by atoms with E-state index in [1.165, 1.54) is 0 Å². The lowest BCUT2D eigenvalue weighted by atomic mass is 10.1. The number of hydrogen-bond acceptors (Lipinski definition) is 3. The van der Waals surface area contributed by atoms with E-state index in [1.807, 2.05) is 37.3 Å². The first kappa shape index (κ1) is 18.0. The lowest BCUT2D eigenvalue weighted by molar-refractivity contribution is 0.501. The summed E-state index contributed by atoms with van der Waals surface area (Å²) in [6.07, 6.45) is 1.65. The molecule has 22 heavy (non-hydrogen) atoms. The van der Waals surface area contributed by atoms with E-state index in [0.29, 0.717) is 18.7 Å². The summed E-state index contributed by atoms with van der Waals surface area (Å²) >= 11 is 0. The minimum absolute atomic E-state index is 0. The van der Waals surface area contributed by atoms with E-state index in [1.54, 1.807) is 12.3 Å². The van der Waals surface area contributed by atoms with Crippen molar-refractivity contribution < 1.29 is 4.42 Å². The van der Waals surface area contributed by atoms with Crippen LogP contribution < -0.4 is 10.6 Å². The van der Waals surface area contributed by atoms with Crippen molar-refractivity contribution in [2.45, 2.75) is 20.0 Å². The third kappa shape index (κ3) is 5.77. The normalized spacial score (nSPS) is 10.5. The van der Waals surface area contributed by atoms with Gasteiger partial charge in [0.1, 0.15) is 5.76 Å². The average molecular weight is 410 g/mol. The third-order valence-corrected chi connectivity index (χ3v) is 2.83. The SMILES string of the molecule is CCNC(=NCc1cccc(C#N)c1)NCc1ccco1.I. The Morgan fingerprint density at radius 2 is 2.14 bits per heavy atom. The zero-order valence-electron chi connectivity index (χ0n) is 12.4. The molecule has 0 radical (unpaired) electrons. The van der Waals surface area contributed by atoms with Crippen LogP contribution in [0.2, 0.25) is 0 Å². The Balaban J connectivity index is 0.00000242. The summed E-state index contributed by atoms with van der Waals surface area (Å²) in [5.74, 6) is 1.57. The van der Waals surface area contributed by atoms with E-state index in [2.05, 4.69) is 21.7 Å². The van der Waals surface area contributed by atoms with Crippen molar-refractivity contribution >= 4 is 29.9 Å². The lowest BCUT2D eigenvalue weighted by Gasteiger charge is -2.10. The zero-order chi connectivity index (χ0) is 14.9. The maximum Gasteiger partial charge on any atom is 0.191 e. The van der Waals surface area contributed by atoms with Gasteiger partial charge in [-0.2, -0.15) is 5.26 Å². The Kier molecular flexibility index (Phi) is 8.07. The summed E-state index contributed by atoms with van der Waals surface area (Å²) in [6, 6.07) is 13.4. The second-order valence-electron chi connectivity index (χ2n) is 4.44. The summed E-state index contributed by atoms with van der Waals surface area (Å²) < 4.78 is 5.27. The summed E-state index contributed by atoms with van der Waals surface area (Å²) in [5.41, 5.74) is 1.65. The molecule has 0 unspecified atom stereocenters. The topological polar surface area (TPSA) is 73.3 Å². The summed E-state index contributed by atoms with van der Waals surface area (Å²) in [6.45, 7) is 3.89. The molecule has 1 aromatic carbocycles. The van der Waals surface area contributed by atoms with Crippen LogP contribution in [0.25, 0.3) is 0 Å². The Labute approximate surface area is 147 Å². The van der Waals surface area contributed by atoms with Gasteiger partial charge in [-0.25, -0.2) is 4.99 Å². The molecule has 5 nitrogen and oxygen atoms in total. The standard InChI is InChI=1S/C16H18N4O.HI/c1-2-18-16(20-12-15-7-4-8-21-15)19-11-14-6-3-5-13(9-14)10-17;/h3-9H,2,11-12H2,1H3,(H2,18,19,20);1H. The van der Waals surface area contributed by atoms with Crippen LogP contribution in [0.1, 0.15) is 23.8 Å². The van der Waals surface area contributed by atoms with Crippen molar-refractivity contribution in [3.05, 3.63) is 59.5 Å². The van der Waals surface area contributed by atoms with Crippen LogP contribution in [0, 0.1) is 11.3 Å². The molecule has 0 saturated heterocycles. The highest BCUT2D eigenvalue weighted by Gasteiger charge is 2.00. The molecule has 2 N–H and O–H groups in total. The van der Waals surface area contributed by atoms with Crippen LogP contribution in [0.4, 0.5) is 0 Å². The molecule has 2 rings (SSSR count). The lowest BCUT2D eigenvalue weighted by Crippen LogP contribution is -2.36. The number of nitrogens with zero attached hydrogens (tertiary/aromatic N) is 2. The second-order valence-corrected chi connectivity index (χ2v) is 4.44. The second kappa shape index (κ2) is 9.84. The predicted octanol–water partition coefficient (Wildman–Crippen LogP) is 3.02. The molecule has 0 aliphatic heterocycles. The minimum Gasteiger partial charge on any atom is -0.467 e. The Morgan fingerprint density at radius 1 is 1.27 bits per heavy atom. The van der Waals surface area contributed by atoms with Crippen LogP contribution in [-0.4, -0.2) is 12.5 Å². The van der Waals surface area contributed by atoms with Crippen LogP contribution in [0.5, 0.6) is 0 Å². The minimum atomic E-state index is 0. The zero-order valence-corrected chi connectivity index (χ0v) is 14.7. The van der Waals surface area contributed by atoms with Gasteiger partial charge in [-0.15, -0.1) is 24.0 Å². The first-order chi connectivity index (χ1) is 10.3. The molecule has 6 heteroatoms. The van der Waals surface area contributed by atoms with Crippen LogP contribution in [0.15, 0.2) is 52.1 Å². The van der Waals surface area contributed by atoms with Gasteiger partial charge in [-0.05, 0) is 36.8 Å². The fraction of sp³-hybridized carbons (Fsp3) is 0.250. The van der Waals surface area contributed by atoms with Gasteiger partial charge in [-0.3, -0.25) is 0 Å². The number of furan rings is 1. The number of hydrogen-bond donors (Lipinski definition) is 2. The summed E-state index contributed by atoms with van der Waals surface area (Å²) in [7, 11) is 0. The van der Waals surface area contributed by atoms with E-state index in [0.717, 1.165) is 23.8 Å². The van der Waals surface area contributed by atoms with Gasteiger partial charge in [-0.1, -0.05) is 12.1 Å². The molecule has 0 bridgehead atoms. The highest BCUT2D eigenvalue weighted by Crippen LogP contribution is 2.05. The maximum atomic E-state index is 8.89. The smallest absolute Gasteiger partial charge is 0.191 e. The summed E-state index contributed by atoms with van der Waals surface area (Å²) in [4.78, 5) is 4.50. The van der Waals surface area contributed by atoms with Crippen LogP contribution >= 0.6 is 24.0 Å². The van der Waals surface area contributed by atoms with Crippen molar-refractivity contribution in [1.82, 2.24) is 10.6 Å². The third-order valence-electron chi connectivity index (χ3n) is 2.83. The highest BCUT2D eigenvalue weighted by molar-refractivity contribution is 14.0. The average Bonchev–Trinajstić information content (AvgIpc) is 3.03. The quantitative estimate of drug-likeness (QED) is 0.452. The van der Waals surface area contributed by atoms with E-state index in [4.69, 9.17) is 9.68 Å². The molecule has 1 aromatic heterocycles. The predicted molar refractivity (Wildman–Crippen MR) is 96.9 cm³/mol. The van der Waals surface area contributed by atoms with E-state index < -0.39 is 0 Å².